The molecular weight excluding hydrogens is 200 g/mol. The molecule has 0 saturated carbocycles. The zero-order valence-electron chi connectivity index (χ0n) is 9.69. The summed E-state index contributed by atoms with van der Waals surface area (Å²) in [5.74, 6) is 1.89. The van der Waals surface area contributed by atoms with Crippen LogP contribution in [0, 0.1) is 12.8 Å². The summed E-state index contributed by atoms with van der Waals surface area (Å²) in [6.45, 7) is 5.44. The summed E-state index contributed by atoms with van der Waals surface area (Å²) in [5, 5.41) is 3.49. The Balaban J connectivity index is 1.91. The molecule has 4 heteroatoms. The summed E-state index contributed by atoms with van der Waals surface area (Å²) >= 11 is 0. The van der Waals surface area contributed by atoms with Crippen molar-refractivity contribution < 1.29 is 0 Å². The lowest BCUT2D eigenvalue weighted by atomic mass is 9.92. The first-order valence-electron chi connectivity index (χ1n) is 6.11. The van der Waals surface area contributed by atoms with Crippen molar-refractivity contribution in [2.75, 3.05) is 24.5 Å². The van der Waals surface area contributed by atoms with Crippen LogP contribution in [-0.2, 0) is 0 Å². The summed E-state index contributed by atoms with van der Waals surface area (Å²) in [6.07, 6.45) is 6.20. The van der Waals surface area contributed by atoms with Gasteiger partial charge in [0.05, 0.1) is 5.69 Å². The molecule has 0 radical (unpaired) electrons. The van der Waals surface area contributed by atoms with Crippen LogP contribution in [0.3, 0.4) is 0 Å². The molecule has 86 valence electrons. The zero-order chi connectivity index (χ0) is 11.0. The summed E-state index contributed by atoms with van der Waals surface area (Å²) in [4.78, 5) is 11.3. The Hall–Kier alpha value is -1.16. The molecule has 1 aromatic heterocycles. The van der Waals surface area contributed by atoms with E-state index in [0.717, 1.165) is 30.5 Å². The molecule has 2 fully saturated rings. The Morgan fingerprint density at radius 2 is 2.19 bits per heavy atom. The molecule has 0 aromatic carbocycles. The van der Waals surface area contributed by atoms with Crippen molar-refractivity contribution in [3.8, 4) is 0 Å². The van der Waals surface area contributed by atoms with E-state index in [4.69, 9.17) is 0 Å². The molecule has 3 rings (SSSR count). The average molecular weight is 218 g/mol. The minimum absolute atomic E-state index is 0.629. The Labute approximate surface area is 96.1 Å². The number of hydrogen-bond donors (Lipinski definition) is 1. The van der Waals surface area contributed by atoms with Gasteiger partial charge in [-0.1, -0.05) is 0 Å². The number of nitrogens with one attached hydrogen (secondary N) is 1. The molecule has 4 nitrogen and oxygen atoms in total. The van der Waals surface area contributed by atoms with Gasteiger partial charge in [0.1, 0.15) is 5.82 Å². The highest BCUT2D eigenvalue weighted by Gasteiger charge is 2.36. The number of hydrogen-bond acceptors (Lipinski definition) is 4. The van der Waals surface area contributed by atoms with E-state index in [0.29, 0.717) is 6.04 Å². The first kappa shape index (κ1) is 10.0. The second-order valence-electron chi connectivity index (χ2n) is 4.79. The van der Waals surface area contributed by atoms with Crippen LogP contribution in [-0.4, -0.2) is 35.6 Å². The highest BCUT2D eigenvalue weighted by atomic mass is 15.3. The Bertz CT molecular complexity index is 379. The third kappa shape index (κ3) is 1.57. The number of rotatable bonds is 1. The van der Waals surface area contributed by atoms with Crippen LogP contribution in [0.4, 0.5) is 5.82 Å². The molecule has 1 N–H and O–H groups in total. The second-order valence-corrected chi connectivity index (χ2v) is 4.79. The lowest BCUT2D eigenvalue weighted by molar-refractivity contribution is 0.382. The molecule has 0 amide bonds. The van der Waals surface area contributed by atoms with Gasteiger partial charge in [0.25, 0.3) is 0 Å². The Morgan fingerprint density at radius 1 is 1.31 bits per heavy atom. The minimum atomic E-state index is 0.629. The van der Waals surface area contributed by atoms with Gasteiger partial charge in [-0.2, -0.15) is 0 Å². The van der Waals surface area contributed by atoms with Crippen LogP contribution in [0.5, 0.6) is 0 Å². The van der Waals surface area contributed by atoms with Crippen LogP contribution in [0.2, 0.25) is 0 Å². The zero-order valence-corrected chi connectivity index (χ0v) is 9.69. The topological polar surface area (TPSA) is 41.1 Å². The quantitative estimate of drug-likeness (QED) is 0.762. The molecule has 0 bridgehead atoms. The molecule has 2 saturated heterocycles. The molecule has 2 unspecified atom stereocenters. The molecular formula is C12H18N4. The first-order chi connectivity index (χ1) is 7.86. The predicted molar refractivity (Wildman–Crippen MR) is 63.5 cm³/mol. The standard InChI is InChI=1S/C12H18N4/c1-9-12(15-5-4-14-9)16-6-2-3-10-7-13-8-11(10)16/h4-5,10-11,13H,2-3,6-8H2,1H3. The van der Waals surface area contributed by atoms with Crippen molar-refractivity contribution in [3.05, 3.63) is 18.1 Å². The summed E-state index contributed by atoms with van der Waals surface area (Å²) in [5.41, 5.74) is 1.05. The van der Waals surface area contributed by atoms with Crippen molar-refractivity contribution in [2.24, 2.45) is 5.92 Å². The van der Waals surface area contributed by atoms with E-state index < -0.39 is 0 Å². The molecule has 2 atom stereocenters. The van der Waals surface area contributed by atoms with E-state index >= 15 is 0 Å². The highest BCUT2D eigenvalue weighted by molar-refractivity contribution is 5.44. The fourth-order valence-electron chi connectivity index (χ4n) is 3.01. The largest absolute Gasteiger partial charge is 0.351 e. The first-order valence-corrected chi connectivity index (χ1v) is 6.11. The van der Waals surface area contributed by atoms with Gasteiger partial charge in [-0.25, -0.2) is 4.98 Å². The molecule has 16 heavy (non-hydrogen) atoms. The fraction of sp³-hybridized carbons (Fsp3) is 0.667. The maximum atomic E-state index is 4.50. The van der Waals surface area contributed by atoms with E-state index in [-0.39, 0.29) is 0 Å². The molecule has 1 aromatic rings. The SMILES string of the molecule is Cc1nccnc1N1CCCC2CNCC21. The van der Waals surface area contributed by atoms with Crippen molar-refractivity contribution in [3.63, 3.8) is 0 Å². The van der Waals surface area contributed by atoms with Gasteiger partial charge < -0.3 is 10.2 Å². The van der Waals surface area contributed by atoms with Crippen molar-refractivity contribution in [1.29, 1.82) is 0 Å². The lowest BCUT2D eigenvalue weighted by Gasteiger charge is -2.38. The van der Waals surface area contributed by atoms with Crippen molar-refractivity contribution in [2.45, 2.75) is 25.8 Å². The molecule has 0 spiro atoms. The fourth-order valence-corrected chi connectivity index (χ4v) is 3.01. The normalized spacial score (nSPS) is 29.2. The van der Waals surface area contributed by atoms with E-state index in [2.05, 4.69) is 20.2 Å². The van der Waals surface area contributed by atoms with Gasteiger partial charge in [0.2, 0.25) is 0 Å². The maximum Gasteiger partial charge on any atom is 0.150 e. The summed E-state index contributed by atoms with van der Waals surface area (Å²) in [6, 6.07) is 0.629. The van der Waals surface area contributed by atoms with E-state index in [1.165, 1.54) is 19.4 Å². The van der Waals surface area contributed by atoms with E-state index in [9.17, 15) is 0 Å². The number of fused-ring (bicyclic) bond motifs is 1. The number of nitrogens with zero attached hydrogens (tertiary/aromatic N) is 3. The van der Waals surface area contributed by atoms with Crippen LogP contribution in [0.1, 0.15) is 18.5 Å². The van der Waals surface area contributed by atoms with E-state index in [1.807, 2.05) is 6.92 Å². The Kier molecular flexibility index (Phi) is 2.52. The third-order valence-corrected chi connectivity index (χ3v) is 3.81. The molecule has 3 heterocycles. The van der Waals surface area contributed by atoms with Crippen LogP contribution in [0.25, 0.3) is 0 Å². The van der Waals surface area contributed by atoms with Gasteiger partial charge in [-0.15, -0.1) is 0 Å². The lowest BCUT2D eigenvalue weighted by Crippen LogP contribution is -2.46. The number of piperidine rings is 1. The average Bonchev–Trinajstić information content (AvgIpc) is 2.77. The summed E-state index contributed by atoms with van der Waals surface area (Å²) in [7, 11) is 0. The van der Waals surface area contributed by atoms with Gasteiger partial charge in [0.15, 0.2) is 0 Å². The van der Waals surface area contributed by atoms with Crippen molar-refractivity contribution in [1.82, 2.24) is 15.3 Å². The van der Waals surface area contributed by atoms with Gasteiger partial charge in [-0.3, -0.25) is 4.98 Å². The smallest absolute Gasteiger partial charge is 0.150 e. The monoisotopic (exact) mass is 218 g/mol. The predicted octanol–water partition coefficient (Wildman–Crippen LogP) is 0.973. The number of aryl methyl sites for hydroxylation is 1. The van der Waals surface area contributed by atoms with Gasteiger partial charge >= 0.3 is 0 Å². The van der Waals surface area contributed by atoms with Gasteiger partial charge in [0, 0.05) is 38.1 Å². The summed E-state index contributed by atoms with van der Waals surface area (Å²) < 4.78 is 0. The van der Waals surface area contributed by atoms with Crippen molar-refractivity contribution >= 4 is 5.82 Å². The minimum Gasteiger partial charge on any atom is -0.351 e. The molecule has 2 aliphatic rings. The maximum absolute atomic E-state index is 4.50. The Morgan fingerprint density at radius 3 is 3.06 bits per heavy atom. The second kappa shape index (κ2) is 4.01. The molecule has 0 aliphatic carbocycles. The molecule has 2 aliphatic heterocycles. The number of aromatic nitrogens is 2. The van der Waals surface area contributed by atoms with Crippen LogP contribution < -0.4 is 10.2 Å². The van der Waals surface area contributed by atoms with Gasteiger partial charge in [-0.05, 0) is 25.7 Å². The van der Waals surface area contributed by atoms with Crippen LogP contribution in [0.15, 0.2) is 12.4 Å². The third-order valence-electron chi connectivity index (χ3n) is 3.81. The highest BCUT2D eigenvalue weighted by Crippen LogP contribution is 2.30. The van der Waals surface area contributed by atoms with Crippen LogP contribution >= 0.6 is 0 Å². The van der Waals surface area contributed by atoms with E-state index in [1.54, 1.807) is 12.4 Å². The number of anilines is 1.